The third-order valence-corrected chi connectivity index (χ3v) is 26.3. The lowest BCUT2D eigenvalue weighted by Crippen LogP contribution is -2.71. The lowest BCUT2D eigenvalue weighted by Gasteiger charge is -2.52. The molecule has 0 aliphatic carbocycles. The summed E-state index contributed by atoms with van der Waals surface area (Å²) in [6, 6.07) is -12.0. The van der Waals surface area contributed by atoms with E-state index in [0.29, 0.717) is 0 Å². The molecule has 11 saturated heterocycles. The topological polar surface area (TPSA) is 992 Å². The van der Waals surface area contributed by atoms with Gasteiger partial charge < -0.3 is 285 Å². The number of carboxylic acids is 1. The number of amides is 6. The predicted molar refractivity (Wildman–Crippen MR) is 448 cm³/mol. The monoisotopic (exact) mass is 2120 g/mol. The number of aliphatic hydroxyl groups is 29. The van der Waals surface area contributed by atoms with Crippen LogP contribution in [0, 0.1) is 0 Å². The fourth-order valence-electron chi connectivity index (χ4n) is 18.8. The van der Waals surface area contributed by atoms with Crippen molar-refractivity contribution in [1.82, 2.24) is 31.9 Å². The van der Waals surface area contributed by atoms with Gasteiger partial charge in [-0.15, -0.1) is 0 Å². The third kappa shape index (κ3) is 26.9. The van der Waals surface area contributed by atoms with Crippen LogP contribution in [0.2, 0.25) is 0 Å². The molecule has 11 fully saturated rings. The molecule has 0 aromatic carbocycles. The van der Waals surface area contributed by atoms with Crippen LogP contribution in [0.3, 0.4) is 0 Å². The molecule has 0 bridgehead atoms. The zero-order valence-electron chi connectivity index (χ0n) is 78.4. The standard InChI is InChI=1S/C81H134N6O58/c1-19-43(104)55(116)58(119)75(127-19)125-17-35-63(52(113)38(70(122)128-35)83-21(3)97)137-73-41(86-24(6)100)53(114)62(33(15-94)134-73)139-77-60(121)67(141-79-69(57(118)48(109)31(13-92)133-79)143-72-40(85-23(5)99)51(112)46(107)29(11-90)130-72)64(140-71-39(84-22(4)98)50(111)45(106)28(10-89)129-71)36(136-77)18-126-78-68(56(117)47(108)30(12-91)132-78)142-74-42(87-25(7)101)54(115)61(34(16-95)135-74)138-76-59(120)66(49(110)32(14-93)131-76)145-81(80(123)124)8-26(102)37(82-20(2)96)65(144-81)44(105)27(103)9-88/h19,26-79,88-95,102-122H,8-18H2,1-7H3,(H,82,96)(H,83,97)(H,84,98)(H,85,99)(H,86,100)(H,87,101)(H,123,124)/t19-,26-,27+,28+,29+,30+,31+,32+,33+,34+,35+,36+,37+,38+,39+,40+,41+,42+,43+,44+,45+,46+,47+,48+,49-,50+,51+,52+,53+,54+,55+,56-,57-,58-,59+,60-,61+,62+,63+,64+,65+,66-,67+,68-,69-,70-,71-,72-,73-,74-,75+,76-,77-,78-,79+,81-/m0/s1. The van der Waals surface area contributed by atoms with E-state index >= 15 is 0 Å². The molecule has 0 aromatic heterocycles. The van der Waals surface area contributed by atoms with E-state index in [9.17, 15) is 187 Å². The zero-order chi connectivity index (χ0) is 107. The van der Waals surface area contributed by atoms with Gasteiger partial charge in [-0.3, -0.25) is 28.8 Å². The Bertz CT molecular complexity index is 4150. The predicted octanol–water partition coefficient (Wildman–Crippen LogP) is -23.9. The molecule has 36 N–H and O–H groups in total. The lowest BCUT2D eigenvalue weighted by molar-refractivity contribution is -0.408. The zero-order valence-corrected chi connectivity index (χ0v) is 78.4. The van der Waals surface area contributed by atoms with Crippen molar-refractivity contribution in [2.75, 3.05) is 66.1 Å². The summed E-state index contributed by atoms with van der Waals surface area (Å²) in [4.78, 5) is 91.4. The second-order valence-electron chi connectivity index (χ2n) is 36.7. The minimum atomic E-state index is -3.36. The van der Waals surface area contributed by atoms with Crippen LogP contribution in [-0.4, -0.2) is 604 Å². The molecule has 0 radical (unpaired) electrons. The van der Waals surface area contributed by atoms with Gasteiger partial charge in [0.15, 0.2) is 62.9 Å². The van der Waals surface area contributed by atoms with Crippen molar-refractivity contribution in [3.05, 3.63) is 0 Å². The van der Waals surface area contributed by atoms with E-state index in [1.165, 1.54) is 6.92 Å². The Labute approximate surface area is 821 Å². The molecule has 64 heteroatoms. The summed E-state index contributed by atoms with van der Waals surface area (Å²) in [6.45, 7) is -5.79. The average Bonchev–Trinajstić information content (AvgIpc) is 0.753. The Morgan fingerprint density at radius 2 is 0.614 bits per heavy atom. The van der Waals surface area contributed by atoms with E-state index in [1.807, 2.05) is 0 Å². The molecule has 11 rings (SSSR count). The smallest absolute Gasteiger partial charge is 0.364 e. The van der Waals surface area contributed by atoms with Gasteiger partial charge in [0.1, 0.15) is 256 Å². The van der Waals surface area contributed by atoms with E-state index in [2.05, 4.69) is 31.9 Å². The first kappa shape index (κ1) is 120. The van der Waals surface area contributed by atoms with E-state index in [-0.39, 0.29) is 0 Å². The summed E-state index contributed by atoms with van der Waals surface area (Å²) < 4.78 is 128. The van der Waals surface area contributed by atoms with E-state index < -0.39 is 457 Å². The average molecular weight is 2120 g/mol. The van der Waals surface area contributed by atoms with Gasteiger partial charge in [-0.1, -0.05) is 0 Å². The number of carboxylic acid groups (broad SMARTS) is 1. The van der Waals surface area contributed by atoms with Gasteiger partial charge in [-0.05, 0) is 6.92 Å². The molecule has 56 atom stereocenters. The molecule has 0 aromatic rings. The molecule has 64 nitrogen and oxygen atoms in total. The van der Waals surface area contributed by atoms with E-state index in [4.69, 9.17) is 99.5 Å². The summed E-state index contributed by atoms with van der Waals surface area (Å²) in [6.07, 6.45) is -111. The first-order chi connectivity index (χ1) is 68.4. The molecule has 836 valence electrons. The number of rotatable bonds is 39. The molecule has 0 unspecified atom stereocenters. The summed E-state index contributed by atoms with van der Waals surface area (Å²) in [5, 5.41) is 355. The van der Waals surface area contributed by atoms with Gasteiger partial charge in [0.25, 0.3) is 5.79 Å². The molecule has 11 heterocycles. The van der Waals surface area contributed by atoms with Crippen LogP contribution in [0.4, 0.5) is 0 Å². The molecule has 6 amide bonds. The van der Waals surface area contributed by atoms with Crippen molar-refractivity contribution in [3.8, 4) is 0 Å². The van der Waals surface area contributed by atoms with Crippen molar-refractivity contribution in [2.24, 2.45) is 0 Å². The molecule has 11 aliphatic heterocycles. The van der Waals surface area contributed by atoms with Crippen molar-refractivity contribution >= 4 is 41.4 Å². The Hall–Kier alpha value is -5.71. The highest BCUT2D eigenvalue weighted by Gasteiger charge is 2.65. The second kappa shape index (κ2) is 51.8. The van der Waals surface area contributed by atoms with E-state index in [1.54, 1.807) is 0 Å². The molecular weight excluding hydrogens is 1980 g/mol. The quantitative estimate of drug-likeness (QED) is 0.0272. The van der Waals surface area contributed by atoms with Gasteiger partial charge in [0.2, 0.25) is 35.4 Å². The Kier molecular flexibility index (Phi) is 42.7. The summed E-state index contributed by atoms with van der Waals surface area (Å²) in [7, 11) is 0. The Morgan fingerprint density at radius 3 is 1.04 bits per heavy atom. The fourth-order valence-corrected chi connectivity index (χ4v) is 18.8. The van der Waals surface area contributed by atoms with Crippen LogP contribution in [0.1, 0.15) is 54.9 Å². The Balaban J connectivity index is 0.987. The molecule has 0 spiro atoms. The number of nitrogens with one attached hydrogen (secondary N) is 6. The highest BCUT2D eigenvalue weighted by Crippen LogP contribution is 2.44. The number of hydrogen-bond acceptors (Lipinski definition) is 57. The van der Waals surface area contributed by atoms with Crippen LogP contribution in [0.5, 0.6) is 0 Å². The van der Waals surface area contributed by atoms with Crippen LogP contribution < -0.4 is 31.9 Å². The molecule has 0 saturated carbocycles. The molecule has 145 heavy (non-hydrogen) atoms. The van der Waals surface area contributed by atoms with Gasteiger partial charge in [-0.25, -0.2) is 4.79 Å². The number of aliphatic carboxylic acids is 1. The number of aliphatic hydroxyl groups excluding tert-OH is 29. The number of hydrogen-bond donors (Lipinski definition) is 36. The number of ether oxygens (including phenoxy) is 21. The van der Waals surface area contributed by atoms with Crippen molar-refractivity contribution in [3.63, 3.8) is 0 Å². The minimum Gasteiger partial charge on any atom is -0.477 e. The van der Waals surface area contributed by atoms with Crippen LogP contribution in [0.15, 0.2) is 0 Å². The van der Waals surface area contributed by atoms with Crippen molar-refractivity contribution in [1.29, 1.82) is 0 Å². The highest BCUT2D eigenvalue weighted by atomic mass is 16.8. The van der Waals surface area contributed by atoms with Crippen molar-refractivity contribution < 1.29 is 286 Å². The first-order valence-corrected chi connectivity index (χ1v) is 46.1. The lowest BCUT2D eigenvalue weighted by atomic mass is 9.88. The van der Waals surface area contributed by atoms with Crippen LogP contribution >= 0.6 is 0 Å². The van der Waals surface area contributed by atoms with Crippen LogP contribution in [0.25, 0.3) is 0 Å². The third-order valence-electron chi connectivity index (χ3n) is 26.3. The molecule has 11 aliphatic rings. The van der Waals surface area contributed by atoms with Crippen LogP contribution in [-0.2, 0) is 133 Å². The summed E-state index contributed by atoms with van der Waals surface area (Å²) in [5.74, 6) is -11.5. The Morgan fingerprint density at radius 1 is 0.297 bits per heavy atom. The fraction of sp³-hybridized carbons (Fsp3) is 0.914. The van der Waals surface area contributed by atoms with Crippen molar-refractivity contribution in [2.45, 2.75) is 398 Å². The maximum absolute atomic E-state index is 13.5. The van der Waals surface area contributed by atoms with Gasteiger partial charge in [-0.2, -0.15) is 0 Å². The second-order valence-corrected chi connectivity index (χ2v) is 36.7. The van der Waals surface area contributed by atoms with Gasteiger partial charge >= 0.3 is 5.97 Å². The first-order valence-electron chi connectivity index (χ1n) is 46.1. The SMILES string of the molecule is CC(=O)N[C@@H]1[C@@H](O)[C@H](O[C@@H]2O[C@H](CO)[C@@H](O[C@@H]3O[C@H](CO[C@H]4O[C@H](CO)[C@@H](O)[C@H](O)[C@@H]4O[C@@H]4O[C@H](CO)[C@@H](O[C@@H]5O[C@H](CO)[C@H](O)[C@H](O[C@]6(C(=O)O)C[C@H](O)[C@@H](NC(C)=O)[C@H]([C@H](O)[C@H](O)CO)O6)[C@H]5O)[C@H](O)[C@H]4NC(C)=O)[C@@H](O[C@@H]4O[C@H](CO)[C@@H](O)[C@H](O)[C@H]4NC(C)=O)[C@H](O[C@H]4O[C@H](CO)[C@@H](O)[C@H](O)[C@@H]4O[C@@H]4O[C@H](CO)[C@@H](O)[C@H](O)[C@H]4NC(C)=O)[C@@H]3O)[C@H](O)[C@H]2NC(C)=O)[C@@H](CO[C@@H]2O[C@@H](C)[C@@H](O)[C@@H](O)[C@@H]2O)O[C@@H]1O. The summed E-state index contributed by atoms with van der Waals surface area (Å²) >= 11 is 0. The maximum Gasteiger partial charge on any atom is 0.364 e. The number of carbonyl (C=O) groups is 7. The molecular formula is C81H134N6O58. The van der Waals surface area contributed by atoms with E-state index in [0.717, 1.165) is 41.5 Å². The normalized spacial score (nSPS) is 47.2. The van der Waals surface area contributed by atoms with Gasteiger partial charge in [0.05, 0.1) is 84.3 Å². The minimum absolute atomic E-state index is 0.840. The number of carbonyl (C=O) groups excluding carboxylic acids is 6. The largest absolute Gasteiger partial charge is 0.477 e. The van der Waals surface area contributed by atoms with Gasteiger partial charge in [0, 0.05) is 48.0 Å². The highest BCUT2D eigenvalue weighted by molar-refractivity contribution is 5.77. The summed E-state index contributed by atoms with van der Waals surface area (Å²) in [5.41, 5.74) is 0. The maximum atomic E-state index is 13.5.